The second-order valence-corrected chi connectivity index (χ2v) is 11.0. The lowest BCUT2D eigenvalue weighted by atomic mass is 9.97. The molecule has 0 saturated carbocycles. The Hall–Kier alpha value is -1.23. The minimum Gasteiger partial charge on any atom is -0.273 e. The van der Waals surface area contributed by atoms with E-state index in [1.807, 2.05) is 6.92 Å². The number of sulfonamides is 2. The van der Waals surface area contributed by atoms with E-state index in [1.165, 1.54) is 22.5 Å². The van der Waals surface area contributed by atoms with E-state index >= 15 is 0 Å². The van der Waals surface area contributed by atoms with Gasteiger partial charge in [0.15, 0.2) is 0 Å². The summed E-state index contributed by atoms with van der Waals surface area (Å²) in [5.74, 6) is -1.25. The molecule has 10 heteroatoms. The summed E-state index contributed by atoms with van der Waals surface area (Å²) in [6.45, 7) is 1.93. The van der Waals surface area contributed by atoms with Crippen LogP contribution >= 0.6 is 15.9 Å². The molecule has 1 saturated heterocycles. The van der Waals surface area contributed by atoms with Gasteiger partial charge in [-0.3, -0.25) is 4.79 Å². The van der Waals surface area contributed by atoms with E-state index in [1.54, 1.807) is 12.1 Å². The first kappa shape index (κ1) is 20.5. The first-order valence-electron chi connectivity index (χ1n) is 8.54. The zero-order valence-electron chi connectivity index (χ0n) is 15.0. The fourth-order valence-electron chi connectivity index (χ4n) is 3.67. The Morgan fingerprint density at radius 1 is 1.15 bits per heavy atom. The predicted molar refractivity (Wildman–Crippen MR) is 105 cm³/mol. The van der Waals surface area contributed by atoms with Crippen LogP contribution in [0.5, 0.6) is 0 Å². The first-order valence-corrected chi connectivity index (χ1v) is 12.9. The van der Waals surface area contributed by atoms with Crippen LogP contribution in [0, 0.1) is 5.92 Å². The SMILES string of the molecule is CCC[C@H]1C(=O)N(S(C)(=O)=O)C2=CCN(S(=O)(=O)c3ccc(CBr)cc3)[C@@H]21. The molecule has 0 spiro atoms. The predicted octanol–water partition coefficient (Wildman–Crippen LogP) is 2.06. The molecule has 0 aromatic heterocycles. The second-order valence-electron chi connectivity index (χ2n) is 6.69. The van der Waals surface area contributed by atoms with Crippen molar-refractivity contribution in [3.05, 3.63) is 41.6 Å². The summed E-state index contributed by atoms with van der Waals surface area (Å²) in [5.41, 5.74) is 1.19. The summed E-state index contributed by atoms with van der Waals surface area (Å²) in [6, 6.07) is 5.72. The van der Waals surface area contributed by atoms with Gasteiger partial charge in [-0.15, -0.1) is 0 Å². The van der Waals surface area contributed by atoms with Crippen LogP contribution in [0.25, 0.3) is 0 Å². The van der Waals surface area contributed by atoms with Crippen LogP contribution in [-0.4, -0.2) is 50.2 Å². The molecule has 7 nitrogen and oxygen atoms in total. The summed E-state index contributed by atoms with van der Waals surface area (Å²) in [7, 11) is -7.68. The number of benzene rings is 1. The lowest BCUT2D eigenvalue weighted by Crippen LogP contribution is -2.41. The minimum absolute atomic E-state index is 0.0437. The number of hydrogen-bond acceptors (Lipinski definition) is 5. The van der Waals surface area contributed by atoms with Crippen molar-refractivity contribution in [2.24, 2.45) is 5.92 Å². The summed E-state index contributed by atoms with van der Waals surface area (Å²) in [5, 5.41) is 0.613. The highest BCUT2D eigenvalue weighted by Gasteiger charge is 2.55. The zero-order chi connectivity index (χ0) is 20.0. The third-order valence-electron chi connectivity index (χ3n) is 4.84. The molecule has 148 valence electrons. The van der Waals surface area contributed by atoms with Crippen LogP contribution in [0.4, 0.5) is 0 Å². The van der Waals surface area contributed by atoms with Gasteiger partial charge in [-0.1, -0.05) is 41.4 Å². The van der Waals surface area contributed by atoms with Gasteiger partial charge in [0.2, 0.25) is 26.0 Å². The molecule has 2 atom stereocenters. The molecule has 27 heavy (non-hydrogen) atoms. The molecule has 0 aliphatic carbocycles. The number of amides is 1. The number of fused-ring (bicyclic) bond motifs is 1. The monoisotopic (exact) mass is 476 g/mol. The maximum absolute atomic E-state index is 13.2. The van der Waals surface area contributed by atoms with Crippen molar-refractivity contribution in [1.29, 1.82) is 0 Å². The van der Waals surface area contributed by atoms with E-state index in [9.17, 15) is 21.6 Å². The maximum atomic E-state index is 13.2. The number of carbonyl (C=O) groups is 1. The number of hydrogen-bond donors (Lipinski definition) is 0. The first-order chi connectivity index (χ1) is 12.6. The fourth-order valence-corrected chi connectivity index (χ4v) is 6.65. The lowest BCUT2D eigenvalue weighted by molar-refractivity contribution is -0.127. The van der Waals surface area contributed by atoms with Crippen LogP contribution in [0.3, 0.4) is 0 Å². The van der Waals surface area contributed by atoms with Crippen LogP contribution < -0.4 is 0 Å². The molecular weight excluding hydrogens is 456 g/mol. The van der Waals surface area contributed by atoms with Crippen LogP contribution in [0.1, 0.15) is 25.3 Å². The van der Waals surface area contributed by atoms with Gasteiger partial charge in [-0.05, 0) is 30.2 Å². The quantitative estimate of drug-likeness (QED) is 0.585. The van der Waals surface area contributed by atoms with Gasteiger partial charge < -0.3 is 0 Å². The molecule has 0 radical (unpaired) electrons. The maximum Gasteiger partial charge on any atom is 0.245 e. The Balaban J connectivity index is 2.02. The molecule has 2 aliphatic rings. The highest BCUT2D eigenvalue weighted by Crippen LogP contribution is 2.42. The standard InChI is InChI=1S/C17H21BrN2O5S2/c1-3-4-14-16-15(20(17(14)21)26(2,22)23)9-10-19(16)27(24,25)13-7-5-12(11-18)6-8-13/h5-9,14,16H,3-4,10-11H2,1-2H3/t14-,16-/m1/s1. The lowest BCUT2D eigenvalue weighted by Gasteiger charge is -2.26. The number of rotatable bonds is 6. The molecule has 2 heterocycles. The molecule has 1 aromatic rings. The fraction of sp³-hybridized carbons (Fsp3) is 0.471. The van der Waals surface area contributed by atoms with Crippen molar-refractivity contribution >= 4 is 41.9 Å². The van der Waals surface area contributed by atoms with Gasteiger partial charge in [-0.25, -0.2) is 21.1 Å². The Morgan fingerprint density at radius 2 is 1.78 bits per heavy atom. The third-order valence-corrected chi connectivity index (χ3v) is 8.41. The molecule has 0 N–H and O–H groups in total. The zero-order valence-corrected chi connectivity index (χ0v) is 18.2. The number of nitrogens with zero attached hydrogens (tertiary/aromatic N) is 2. The molecular formula is C17H21BrN2O5S2. The van der Waals surface area contributed by atoms with E-state index in [-0.39, 0.29) is 17.1 Å². The Morgan fingerprint density at radius 3 is 2.30 bits per heavy atom. The highest BCUT2D eigenvalue weighted by atomic mass is 79.9. The molecule has 0 unspecified atom stereocenters. The van der Waals surface area contributed by atoms with Crippen molar-refractivity contribution in [2.75, 3.05) is 12.8 Å². The summed E-state index contributed by atoms with van der Waals surface area (Å²) in [6.07, 6.45) is 3.56. The number of halogens is 1. The van der Waals surface area contributed by atoms with Crippen molar-refractivity contribution in [1.82, 2.24) is 8.61 Å². The summed E-state index contributed by atoms with van der Waals surface area (Å²) >= 11 is 3.32. The Labute approximate surface area is 168 Å². The van der Waals surface area contributed by atoms with Crippen molar-refractivity contribution in [2.45, 2.75) is 36.0 Å². The van der Waals surface area contributed by atoms with Gasteiger partial charge in [0, 0.05) is 11.9 Å². The highest BCUT2D eigenvalue weighted by molar-refractivity contribution is 9.08. The molecule has 1 aromatic carbocycles. The van der Waals surface area contributed by atoms with Crippen LogP contribution in [0.15, 0.2) is 40.9 Å². The van der Waals surface area contributed by atoms with Crippen LogP contribution in [-0.2, 0) is 30.2 Å². The van der Waals surface area contributed by atoms with Gasteiger partial charge >= 0.3 is 0 Å². The van der Waals surface area contributed by atoms with E-state index in [0.717, 1.165) is 16.1 Å². The molecule has 0 bridgehead atoms. The van der Waals surface area contributed by atoms with Gasteiger partial charge in [0.1, 0.15) is 0 Å². The smallest absolute Gasteiger partial charge is 0.245 e. The normalized spacial score (nSPS) is 23.6. The van der Waals surface area contributed by atoms with Crippen LogP contribution in [0.2, 0.25) is 0 Å². The second kappa shape index (κ2) is 7.31. The molecule has 2 aliphatic heterocycles. The van der Waals surface area contributed by atoms with Gasteiger partial charge in [0.25, 0.3) is 0 Å². The van der Waals surface area contributed by atoms with E-state index < -0.39 is 37.9 Å². The van der Waals surface area contributed by atoms with Gasteiger partial charge in [-0.2, -0.15) is 4.31 Å². The summed E-state index contributed by atoms with van der Waals surface area (Å²) < 4.78 is 52.7. The van der Waals surface area contributed by atoms with Crippen molar-refractivity contribution < 1.29 is 21.6 Å². The van der Waals surface area contributed by atoms with Crippen molar-refractivity contribution in [3.8, 4) is 0 Å². The average molecular weight is 477 g/mol. The minimum atomic E-state index is -3.87. The average Bonchev–Trinajstić information content (AvgIpc) is 3.13. The summed E-state index contributed by atoms with van der Waals surface area (Å²) in [4.78, 5) is 12.9. The largest absolute Gasteiger partial charge is 0.273 e. The Kier molecular flexibility index (Phi) is 5.55. The topological polar surface area (TPSA) is 91.8 Å². The van der Waals surface area contributed by atoms with E-state index in [2.05, 4.69) is 15.9 Å². The molecule has 1 amide bonds. The number of carbonyl (C=O) groups excluding carboxylic acids is 1. The van der Waals surface area contributed by atoms with Gasteiger partial charge in [0.05, 0.1) is 28.8 Å². The Bertz CT molecular complexity index is 987. The molecule has 1 fully saturated rings. The third kappa shape index (κ3) is 3.48. The number of alkyl halides is 1. The molecule has 3 rings (SSSR count). The van der Waals surface area contributed by atoms with Crippen molar-refractivity contribution in [3.63, 3.8) is 0 Å². The van der Waals surface area contributed by atoms with E-state index in [4.69, 9.17) is 0 Å². The van der Waals surface area contributed by atoms with E-state index in [0.29, 0.717) is 18.2 Å².